The first-order chi connectivity index (χ1) is 9.75. The Bertz CT molecular complexity index is 695. The maximum absolute atomic E-state index is 12.7. The quantitative estimate of drug-likeness (QED) is 0.899. The Hall–Kier alpha value is -1.78. The molecule has 0 aliphatic carbocycles. The Labute approximate surface area is 127 Å². The molecule has 4 nitrogen and oxygen atoms in total. The third kappa shape index (κ3) is 2.96. The molecular formula is C12H7Cl2F3N4. The SMILES string of the molecule is Cc1n[nH]nc1C(C#N)c1c(Cl)cc(C(F)(F)F)cc1Cl. The molecule has 0 fully saturated rings. The van der Waals surface area contributed by atoms with Gasteiger partial charge < -0.3 is 0 Å². The maximum Gasteiger partial charge on any atom is 0.416 e. The molecule has 0 radical (unpaired) electrons. The largest absolute Gasteiger partial charge is 0.416 e. The highest BCUT2D eigenvalue weighted by Crippen LogP contribution is 2.40. The highest BCUT2D eigenvalue weighted by Gasteiger charge is 2.33. The summed E-state index contributed by atoms with van der Waals surface area (Å²) in [5.41, 5.74) is -0.199. The average molecular weight is 335 g/mol. The van der Waals surface area contributed by atoms with Gasteiger partial charge in [-0.25, -0.2) is 0 Å². The Kier molecular flexibility index (Phi) is 4.12. The van der Waals surface area contributed by atoms with Gasteiger partial charge in [-0.05, 0) is 19.1 Å². The number of rotatable bonds is 2. The molecule has 1 N–H and O–H groups in total. The van der Waals surface area contributed by atoms with E-state index < -0.39 is 17.7 Å². The van der Waals surface area contributed by atoms with E-state index in [0.717, 1.165) is 12.1 Å². The van der Waals surface area contributed by atoms with E-state index >= 15 is 0 Å². The number of H-pyrrole nitrogens is 1. The van der Waals surface area contributed by atoms with Crippen LogP contribution in [0.1, 0.15) is 28.4 Å². The minimum atomic E-state index is -4.57. The van der Waals surface area contributed by atoms with E-state index in [0.29, 0.717) is 5.69 Å². The third-order valence-electron chi connectivity index (χ3n) is 2.86. The van der Waals surface area contributed by atoms with Gasteiger partial charge in [0.15, 0.2) is 0 Å². The zero-order valence-electron chi connectivity index (χ0n) is 10.5. The fraction of sp³-hybridized carbons (Fsp3) is 0.250. The van der Waals surface area contributed by atoms with Gasteiger partial charge in [-0.2, -0.15) is 33.8 Å². The van der Waals surface area contributed by atoms with Crippen molar-refractivity contribution in [3.63, 3.8) is 0 Å². The van der Waals surface area contributed by atoms with Crippen LogP contribution in [0.15, 0.2) is 12.1 Å². The van der Waals surface area contributed by atoms with Crippen molar-refractivity contribution in [2.45, 2.75) is 19.0 Å². The monoisotopic (exact) mass is 334 g/mol. The van der Waals surface area contributed by atoms with E-state index in [-0.39, 0.29) is 21.3 Å². The van der Waals surface area contributed by atoms with Crippen LogP contribution >= 0.6 is 23.2 Å². The van der Waals surface area contributed by atoms with E-state index in [9.17, 15) is 18.4 Å². The second kappa shape index (κ2) is 5.54. The number of nitrogens with one attached hydrogen (secondary N) is 1. The first kappa shape index (κ1) is 15.6. The maximum atomic E-state index is 12.7. The van der Waals surface area contributed by atoms with Gasteiger partial charge in [-0.15, -0.1) is 0 Å². The summed E-state index contributed by atoms with van der Waals surface area (Å²) in [5.74, 6) is -1.01. The van der Waals surface area contributed by atoms with Crippen LogP contribution in [-0.2, 0) is 6.18 Å². The second-order valence-electron chi connectivity index (χ2n) is 4.21. The fourth-order valence-electron chi connectivity index (χ4n) is 1.85. The first-order valence-electron chi connectivity index (χ1n) is 5.58. The zero-order chi connectivity index (χ0) is 15.8. The van der Waals surface area contributed by atoms with Crippen molar-refractivity contribution in [3.05, 3.63) is 44.7 Å². The van der Waals surface area contributed by atoms with Gasteiger partial charge in [0.1, 0.15) is 11.6 Å². The summed E-state index contributed by atoms with van der Waals surface area (Å²) in [6.45, 7) is 1.61. The molecule has 0 bridgehead atoms. The Morgan fingerprint density at radius 2 is 1.81 bits per heavy atom. The van der Waals surface area contributed by atoms with Crippen LogP contribution in [0.5, 0.6) is 0 Å². The number of hydrogen-bond acceptors (Lipinski definition) is 3. The lowest BCUT2D eigenvalue weighted by molar-refractivity contribution is -0.137. The van der Waals surface area contributed by atoms with E-state index in [1.807, 2.05) is 6.07 Å². The van der Waals surface area contributed by atoms with Crippen LogP contribution in [0.4, 0.5) is 13.2 Å². The summed E-state index contributed by atoms with van der Waals surface area (Å²) in [6, 6.07) is 3.41. The molecule has 0 amide bonds. The number of hydrogen-bond donors (Lipinski definition) is 1. The van der Waals surface area contributed by atoms with Crippen molar-refractivity contribution in [3.8, 4) is 6.07 Å². The normalized spacial score (nSPS) is 13.0. The number of aromatic amines is 1. The predicted octanol–water partition coefficient (Wildman–Crippen LogP) is 4.09. The molecule has 2 aromatic rings. The Morgan fingerprint density at radius 1 is 1.24 bits per heavy atom. The van der Waals surface area contributed by atoms with Crippen molar-refractivity contribution < 1.29 is 13.2 Å². The van der Waals surface area contributed by atoms with Crippen LogP contribution < -0.4 is 0 Å². The minimum Gasteiger partial charge on any atom is -0.197 e. The van der Waals surface area contributed by atoms with Crippen LogP contribution in [0.2, 0.25) is 10.0 Å². The lowest BCUT2D eigenvalue weighted by Gasteiger charge is -2.15. The van der Waals surface area contributed by atoms with Crippen LogP contribution in [-0.4, -0.2) is 15.4 Å². The molecule has 9 heteroatoms. The molecule has 2 rings (SSSR count). The number of nitrogens with zero attached hydrogens (tertiary/aromatic N) is 3. The average Bonchev–Trinajstić information content (AvgIpc) is 2.78. The van der Waals surface area contributed by atoms with Crippen molar-refractivity contribution in [2.75, 3.05) is 0 Å². The van der Waals surface area contributed by atoms with Gasteiger partial charge in [-0.1, -0.05) is 23.2 Å². The molecule has 110 valence electrons. The molecule has 1 heterocycles. The molecule has 0 saturated heterocycles. The summed E-state index contributed by atoms with van der Waals surface area (Å²) in [6.07, 6.45) is -4.57. The number of benzene rings is 1. The lowest BCUT2D eigenvalue weighted by Crippen LogP contribution is -2.08. The summed E-state index contributed by atoms with van der Waals surface area (Å²) < 4.78 is 38.1. The molecule has 1 unspecified atom stereocenters. The number of aromatic nitrogens is 3. The summed E-state index contributed by atoms with van der Waals surface area (Å²) in [7, 11) is 0. The lowest BCUT2D eigenvalue weighted by atomic mass is 9.94. The summed E-state index contributed by atoms with van der Waals surface area (Å²) in [4.78, 5) is 0. The van der Waals surface area contributed by atoms with Gasteiger partial charge in [0.25, 0.3) is 0 Å². The topological polar surface area (TPSA) is 65.4 Å². The molecular weight excluding hydrogens is 328 g/mol. The van der Waals surface area contributed by atoms with E-state index in [4.69, 9.17) is 23.2 Å². The number of nitriles is 1. The van der Waals surface area contributed by atoms with Crippen molar-refractivity contribution >= 4 is 23.2 Å². The van der Waals surface area contributed by atoms with Crippen molar-refractivity contribution in [1.29, 1.82) is 5.26 Å². The molecule has 21 heavy (non-hydrogen) atoms. The zero-order valence-corrected chi connectivity index (χ0v) is 12.0. The molecule has 1 aromatic carbocycles. The van der Waals surface area contributed by atoms with E-state index in [1.54, 1.807) is 6.92 Å². The van der Waals surface area contributed by atoms with Gasteiger partial charge in [-0.3, -0.25) is 0 Å². The fourth-order valence-corrected chi connectivity index (χ4v) is 2.56. The van der Waals surface area contributed by atoms with Crippen LogP contribution in [0, 0.1) is 18.3 Å². The number of aryl methyl sites for hydroxylation is 1. The Morgan fingerprint density at radius 3 is 2.19 bits per heavy atom. The second-order valence-corrected chi connectivity index (χ2v) is 5.02. The molecule has 0 aliphatic rings. The van der Waals surface area contributed by atoms with E-state index in [2.05, 4.69) is 15.4 Å². The highest BCUT2D eigenvalue weighted by molar-refractivity contribution is 6.36. The van der Waals surface area contributed by atoms with Crippen LogP contribution in [0.3, 0.4) is 0 Å². The molecule has 0 spiro atoms. The number of alkyl halides is 3. The molecule has 1 aromatic heterocycles. The van der Waals surface area contributed by atoms with Gasteiger partial charge in [0.05, 0.1) is 17.3 Å². The standard InChI is InChI=1S/C12H7Cl2F3N4/c1-5-11(20-21-19-5)7(4-18)10-8(13)2-6(3-9(10)14)12(15,16)17/h2-3,7H,1H3,(H,19,20,21). The first-order valence-corrected chi connectivity index (χ1v) is 6.34. The van der Waals surface area contributed by atoms with E-state index in [1.165, 1.54) is 0 Å². The number of halogens is 5. The minimum absolute atomic E-state index is 0.0748. The molecule has 0 saturated carbocycles. The Balaban J connectivity index is 2.59. The van der Waals surface area contributed by atoms with Gasteiger partial charge in [0, 0.05) is 15.6 Å². The summed E-state index contributed by atoms with van der Waals surface area (Å²) in [5, 5.41) is 18.7. The molecule has 0 aliphatic heterocycles. The summed E-state index contributed by atoms with van der Waals surface area (Å²) >= 11 is 11.8. The van der Waals surface area contributed by atoms with Gasteiger partial charge >= 0.3 is 6.18 Å². The molecule has 1 atom stereocenters. The van der Waals surface area contributed by atoms with Crippen molar-refractivity contribution in [2.24, 2.45) is 0 Å². The third-order valence-corrected chi connectivity index (χ3v) is 3.48. The van der Waals surface area contributed by atoms with Gasteiger partial charge in [0.2, 0.25) is 0 Å². The van der Waals surface area contributed by atoms with Crippen molar-refractivity contribution in [1.82, 2.24) is 15.4 Å². The highest BCUT2D eigenvalue weighted by atomic mass is 35.5. The smallest absolute Gasteiger partial charge is 0.197 e. The van der Waals surface area contributed by atoms with Crippen LogP contribution in [0.25, 0.3) is 0 Å². The predicted molar refractivity (Wildman–Crippen MR) is 70.0 cm³/mol.